The van der Waals surface area contributed by atoms with Gasteiger partial charge in [-0.25, -0.2) is 0 Å². The first-order valence-corrected chi connectivity index (χ1v) is 13.2. The fourth-order valence-corrected chi connectivity index (χ4v) is 5.61. The van der Waals surface area contributed by atoms with Crippen molar-refractivity contribution in [2.24, 2.45) is 7.05 Å². The van der Waals surface area contributed by atoms with Gasteiger partial charge < -0.3 is 14.8 Å². The van der Waals surface area contributed by atoms with Crippen LogP contribution < -0.4 is 5.32 Å². The monoisotopic (exact) mass is 477 g/mol. The second-order valence-corrected chi connectivity index (χ2v) is 10.3. The first kappa shape index (κ1) is 24.3. The number of carbonyl (C=O) groups is 2. The molecule has 1 saturated carbocycles. The van der Waals surface area contributed by atoms with E-state index in [1.54, 1.807) is 16.2 Å². The van der Waals surface area contributed by atoms with Crippen molar-refractivity contribution < 1.29 is 9.59 Å². The van der Waals surface area contributed by atoms with Gasteiger partial charge in [-0.05, 0) is 60.9 Å². The third-order valence-electron chi connectivity index (χ3n) is 6.88. The second kappa shape index (κ2) is 11.5. The van der Waals surface area contributed by atoms with Gasteiger partial charge in [0, 0.05) is 36.4 Å². The van der Waals surface area contributed by atoms with E-state index in [1.807, 2.05) is 59.6 Å². The molecule has 2 heterocycles. The summed E-state index contributed by atoms with van der Waals surface area (Å²) in [4.78, 5) is 30.3. The van der Waals surface area contributed by atoms with Gasteiger partial charge in [-0.15, -0.1) is 11.3 Å². The Kier molecular flexibility index (Phi) is 8.22. The summed E-state index contributed by atoms with van der Waals surface area (Å²) in [5.74, 6) is -0.0842. The number of benzene rings is 1. The summed E-state index contributed by atoms with van der Waals surface area (Å²) in [5.41, 5.74) is 3.25. The van der Waals surface area contributed by atoms with Crippen molar-refractivity contribution in [1.82, 2.24) is 14.8 Å². The zero-order valence-corrected chi connectivity index (χ0v) is 21.0. The highest BCUT2D eigenvalue weighted by Gasteiger charge is 2.34. The Bertz CT molecular complexity index is 1080. The SMILES string of the molecule is Cc1ccccc1CCN(C(=O)Cc1cccs1)[C@@H](C(=O)NC1CCCCC1)c1cccn1C. The number of aromatic nitrogens is 1. The van der Waals surface area contributed by atoms with Crippen molar-refractivity contribution in [2.45, 2.75) is 64.0 Å². The van der Waals surface area contributed by atoms with Crippen molar-refractivity contribution in [3.63, 3.8) is 0 Å². The van der Waals surface area contributed by atoms with Crippen LogP contribution in [0, 0.1) is 6.92 Å². The highest BCUT2D eigenvalue weighted by Crippen LogP contribution is 2.26. The molecule has 34 heavy (non-hydrogen) atoms. The van der Waals surface area contributed by atoms with Crippen molar-refractivity contribution in [3.05, 3.63) is 81.8 Å². The van der Waals surface area contributed by atoms with E-state index < -0.39 is 6.04 Å². The van der Waals surface area contributed by atoms with Crippen LogP contribution in [-0.2, 0) is 29.5 Å². The summed E-state index contributed by atoms with van der Waals surface area (Å²) in [5, 5.41) is 5.29. The highest BCUT2D eigenvalue weighted by molar-refractivity contribution is 7.10. The summed E-state index contributed by atoms with van der Waals surface area (Å²) in [6, 6.07) is 15.7. The number of hydrogen-bond acceptors (Lipinski definition) is 3. The lowest BCUT2D eigenvalue weighted by Crippen LogP contribution is -2.48. The quantitative estimate of drug-likeness (QED) is 0.461. The van der Waals surface area contributed by atoms with E-state index in [-0.39, 0.29) is 17.9 Å². The van der Waals surface area contributed by atoms with Crippen LogP contribution in [0.2, 0.25) is 0 Å². The van der Waals surface area contributed by atoms with Gasteiger partial charge in [0.05, 0.1) is 6.42 Å². The fraction of sp³-hybridized carbons (Fsp3) is 0.429. The van der Waals surface area contributed by atoms with Crippen molar-refractivity contribution in [3.8, 4) is 0 Å². The van der Waals surface area contributed by atoms with Crippen LogP contribution in [0.1, 0.15) is 59.8 Å². The minimum absolute atomic E-state index is 0.0129. The van der Waals surface area contributed by atoms with Gasteiger partial charge in [-0.3, -0.25) is 9.59 Å². The molecule has 1 fully saturated rings. The lowest BCUT2D eigenvalue weighted by Gasteiger charge is -2.33. The molecule has 2 amide bonds. The number of aryl methyl sites for hydroxylation is 2. The Hall–Kier alpha value is -2.86. The third kappa shape index (κ3) is 5.98. The molecule has 1 aliphatic carbocycles. The van der Waals surface area contributed by atoms with Crippen molar-refractivity contribution >= 4 is 23.2 Å². The maximum atomic E-state index is 13.8. The number of carbonyl (C=O) groups excluding carboxylic acids is 2. The normalized spacial score (nSPS) is 15.1. The molecule has 6 heteroatoms. The van der Waals surface area contributed by atoms with E-state index in [4.69, 9.17) is 0 Å². The van der Waals surface area contributed by atoms with Gasteiger partial charge >= 0.3 is 0 Å². The Balaban J connectivity index is 1.63. The predicted octanol–water partition coefficient (Wildman–Crippen LogP) is 5.20. The number of thiophene rings is 1. The van der Waals surface area contributed by atoms with Crippen molar-refractivity contribution in [2.75, 3.05) is 6.54 Å². The Morgan fingerprint density at radius 2 is 1.88 bits per heavy atom. The number of nitrogens with zero attached hydrogens (tertiary/aromatic N) is 2. The molecule has 4 rings (SSSR count). The molecule has 0 bridgehead atoms. The van der Waals surface area contributed by atoms with Crippen LogP contribution in [0.3, 0.4) is 0 Å². The minimum atomic E-state index is -0.654. The van der Waals surface area contributed by atoms with Gasteiger partial charge in [0.2, 0.25) is 11.8 Å². The van der Waals surface area contributed by atoms with Gasteiger partial charge in [-0.2, -0.15) is 0 Å². The van der Waals surface area contributed by atoms with E-state index in [2.05, 4.69) is 24.4 Å². The second-order valence-electron chi connectivity index (χ2n) is 9.31. The fourth-order valence-electron chi connectivity index (χ4n) is 4.91. The number of rotatable bonds is 9. The first-order chi connectivity index (χ1) is 16.5. The van der Waals surface area contributed by atoms with Gasteiger partial charge in [-0.1, -0.05) is 49.6 Å². The predicted molar refractivity (Wildman–Crippen MR) is 138 cm³/mol. The average molecular weight is 478 g/mol. The van der Waals surface area contributed by atoms with Crippen LogP contribution in [0.25, 0.3) is 0 Å². The molecule has 180 valence electrons. The van der Waals surface area contributed by atoms with Crippen LogP contribution in [-0.4, -0.2) is 33.9 Å². The van der Waals surface area contributed by atoms with Crippen LogP contribution in [0.5, 0.6) is 0 Å². The lowest BCUT2D eigenvalue weighted by atomic mass is 9.95. The Morgan fingerprint density at radius 3 is 2.56 bits per heavy atom. The maximum Gasteiger partial charge on any atom is 0.249 e. The zero-order valence-electron chi connectivity index (χ0n) is 20.2. The average Bonchev–Trinajstić information content (AvgIpc) is 3.50. The molecule has 1 aromatic carbocycles. The van der Waals surface area contributed by atoms with E-state index in [0.29, 0.717) is 19.4 Å². The maximum absolute atomic E-state index is 13.8. The van der Waals surface area contributed by atoms with Crippen molar-refractivity contribution in [1.29, 1.82) is 0 Å². The summed E-state index contributed by atoms with van der Waals surface area (Å²) in [7, 11) is 1.94. The molecule has 5 nitrogen and oxygen atoms in total. The summed E-state index contributed by atoms with van der Waals surface area (Å²) < 4.78 is 1.96. The number of hydrogen-bond donors (Lipinski definition) is 1. The topological polar surface area (TPSA) is 54.3 Å². The molecule has 1 atom stereocenters. The van der Waals surface area contributed by atoms with Gasteiger partial charge in [0.1, 0.15) is 0 Å². The van der Waals surface area contributed by atoms with Crippen LogP contribution in [0.4, 0.5) is 0 Å². The summed E-state index contributed by atoms with van der Waals surface area (Å²) >= 11 is 1.58. The van der Waals surface area contributed by atoms with E-state index in [1.165, 1.54) is 17.5 Å². The first-order valence-electron chi connectivity index (χ1n) is 12.3. The third-order valence-corrected chi connectivity index (χ3v) is 7.76. The van der Waals surface area contributed by atoms with E-state index in [0.717, 1.165) is 36.3 Å². The molecule has 0 unspecified atom stereocenters. The molecule has 0 radical (unpaired) electrons. The number of nitrogens with one attached hydrogen (secondary N) is 1. The zero-order chi connectivity index (χ0) is 23.9. The Labute approximate surface area is 206 Å². The lowest BCUT2D eigenvalue weighted by molar-refractivity contribution is -0.141. The van der Waals surface area contributed by atoms with E-state index >= 15 is 0 Å². The Morgan fingerprint density at radius 1 is 1.09 bits per heavy atom. The van der Waals surface area contributed by atoms with Crippen LogP contribution in [0.15, 0.2) is 60.1 Å². The molecule has 2 aromatic heterocycles. The number of amides is 2. The van der Waals surface area contributed by atoms with Gasteiger partial charge in [0.15, 0.2) is 6.04 Å². The minimum Gasteiger partial charge on any atom is -0.352 e. The molecular formula is C28H35N3O2S. The molecule has 0 aliphatic heterocycles. The van der Waals surface area contributed by atoms with Gasteiger partial charge in [0.25, 0.3) is 0 Å². The van der Waals surface area contributed by atoms with Crippen LogP contribution >= 0.6 is 11.3 Å². The van der Waals surface area contributed by atoms with E-state index in [9.17, 15) is 9.59 Å². The smallest absolute Gasteiger partial charge is 0.249 e. The molecule has 3 aromatic rings. The standard InChI is InChI=1S/C28H35N3O2S/c1-21-10-6-7-11-22(21)16-18-31(26(32)20-24-14-9-19-34-24)27(25-15-8-17-30(25)2)28(33)29-23-12-4-3-5-13-23/h6-11,14-15,17,19,23,27H,3-5,12-13,16,18,20H2,1-2H3,(H,29,33)/t27-/m1/s1. The molecule has 1 aliphatic rings. The largest absolute Gasteiger partial charge is 0.352 e. The molecular weight excluding hydrogens is 442 g/mol. The summed E-state index contributed by atoms with van der Waals surface area (Å²) in [6.07, 6.45) is 8.51. The summed E-state index contributed by atoms with van der Waals surface area (Å²) in [6.45, 7) is 2.58. The molecule has 0 saturated heterocycles. The highest BCUT2D eigenvalue weighted by atomic mass is 32.1. The molecule has 1 N–H and O–H groups in total. The molecule has 0 spiro atoms.